The maximum atomic E-state index is 13.3. The Kier molecular flexibility index (Phi) is 6.01. The zero-order valence-corrected chi connectivity index (χ0v) is 17.6. The van der Waals surface area contributed by atoms with Crippen LogP contribution in [0.1, 0.15) is 13.0 Å². The SMILES string of the molecule is C.Nc1ncccc1-c1nc2ccc(-c3ccc(F)cn3)nc2n1-c1ccc(C(O)(O)Cl)cc1. The number of pyridine rings is 3. The third-order valence-corrected chi connectivity index (χ3v) is 5.28. The Balaban J connectivity index is 0.00000274. The monoisotopic (exact) mass is 478 g/mol. The molecular weight excluding hydrogens is 459 g/mol. The van der Waals surface area contributed by atoms with Gasteiger partial charge >= 0.3 is 0 Å². The largest absolute Gasteiger partial charge is 0.383 e. The van der Waals surface area contributed by atoms with Crippen molar-refractivity contribution in [3.05, 3.63) is 84.4 Å². The van der Waals surface area contributed by atoms with Crippen LogP contribution in [0.2, 0.25) is 0 Å². The predicted octanol–water partition coefficient (Wildman–Crippen LogP) is 4.24. The van der Waals surface area contributed by atoms with Crippen LogP contribution >= 0.6 is 11.6 Å². The Morgan fingerprint density at radius 2 is 1.65 bits per heavy atom. The Labute approximate surface area is 199 Å². The smallest absolute Gasteiger partial charge is 0.271 e. The van der Waals surface area contributed by atoms with Crippen LogP contribution in [-0.2, 0) is 5.25 Å². The van der Waals surface area contributed by atoms with Gasteiger partial charge in [0.1, 0.15) is 17.2 Å². The van der Waals surface area contributed by atoms with E-state index in [0.717, 1.165) is 6.20 Å². The van der Waals surface area contributed by atoms with E-state index in [4.69, 9.17) is 27.3 Å². The summed E-state index contributed by atoms with van der Waals surface area (Å²) in [7, 11) is 0. The number of anilines is 1. The molecule has 10 heteroatoms. The summed E-state index contributed by atoms with van der Waals surface area (Å²) < 4.78 is 15.1. The van der Waals surface area contributed by atoms with E-state index < -0.39 is 11.1 Å². The van der Waals surface area contributed by atoms with E-state index in [1.807, 2.05) is 0 Å². The molecule has 5 aromatic rings. The molecule has 0 aliphatic carbocycles. The van der Waals surface area contributed by atoms with Gasteiger partial charge in [-0.3, -0.25) is 9.55 Å². The van der Waals surface area contributed by atoms with Crippen molar-refractivity contribution < 1.29 is 14.6 Å². The molecule has 0 aliphatic heterocycles. The van der Waals surface area contributed by atoms with E-state index >= 15 is 0 Å². The van der Waals surface area contributed by atoms with Crippen molar-refractivity contribution >= 4 is 28.6 Å². The van der Waals surface area contributed by atoms with E-state index in [1.165, 1.54) is 18.2 Å². The van der Waals surface area contributed by atoms with Gasteiger partial charge in [-0.25, -0.2) is 19.3 Å². The van der Waals surface area contributed by atoms with Crippen molar-refractivity contribution in [2.75, 3.05) is 5.73 Å². The second-order valence-corrected chi connectivity index (χ2v) is 7.77. The summed E-state index contributed by atoms with van der Waals surface area (Å²) in [5.74, 6) is 0.337. The normalized spacial score (nSPS) is 11.4. The summed E-state index contributed by atoms with van der Waals surface area (Å²) in [6.45, 7) is 0. The van der Waals surface area contributed by atoms with Gasteiger partial charge in [-0.1, -0.05) is 31.2 Å². The quantitative estimate of drug-likeness (QED) is 0.261. The van der Waals surface area contributed by atoms with Crippen molar-refractivity contribution in [2.45, 2.75) is 12.7 Å². The number of nitrogens with zero attached hydrogens (tertiary/aromatic N) is 5. The molecule has 172 valence electrons. The topological polar surface area (TPSA) is 123 Å². The fourth-order valence-electron chi connectivity index (χ4n) is 3.48. The van der Waals surface area contributed by atoms with E-state index in [9.17, 15) is 14.6 Å². The first kappa shape index (κ1) is 23.2. The molecule has 1 aromatic carbocycles. The average Bonchev–Trinajstić information content (AvgIpc) is 3.18. The summed E-state index contributed by atoms with van der Waals surface area (Å²) in [5, 5.41) is 16.8. The number of alkyl halides is 1. The van der Waals surface area contributed by atoms with Gasteiger partial charge in [0.25, 0.3) is 5.25 Å². The number of fused-ring (bicyclic) bond motifs is 1. The summed E-state index contributed by atoms with van der Waals surface area (Å²) in [5.41, 5.74) is 9.54. The molecule has 0 spiro atoms. The molecule has 0 aliphatic rings. The minimum absolute atomic E-state index is 0. The fourth-order valence-corrected chi connectivity index (χ4v) is 3.61. The molecule has 5 rings (SSSR count). The standard InChI is InChI=1S/C23H16ClFN6O2.CH4/c24-23(32,33)13-3-6-15(7-4-13)31-21(16-2-1-11-27-20(16)26)30-19-10-9-18(29-22(19)31)17-8-5-14(25)12-28-17;/h1-12,32-33H,(H2,26,27);1H4. The highest BCUT2D eigenvalue weighted by Gasteiger charge is 2.23. The number of nitrogen functional groups attached to an aromatic ring is 1. The van der Waals surface area contributed by atoms with Crippen LogP contribution in [0.25, 0.3) is 39.6 Å². The second-order valence-electron chi connectivity index (χ2n) is 7.24. The highest BCUT2D eigenvalue weighted by atomic mass is 35.5. The maximum absolute atomic E-state index is 13.3. The molecule has 0 atom stereocenters. The number of hydrogen-bond donors (Lipinski definition) is 3. The van der Waals surface area contributed by atoms with Crippen LogP contribution in [0, 0.1) is 5.82 Å². The first-order valence-corrected chi connectivity index (χ1v) is 10.2. The van der Waals surface area contributed by atoms with Gasteiger partial charge in [0, 0.05) is 17.4 Å². The van der Waals surface area contributed by atoms with Gasteiger partial charge in [-0.2, -0.15) is 0 Å². The third-order valence-electron chi connectivity index (χ3n) is 5.07. The van der Waals surface area contributed by atoms with Crippen LogP contribution in [0.5, 0.6) is 0 Å². The summed E-state index contributed by atoms with van der Waals surface area (Å²) in [4.78, 5) is 17.7. The van der Waals surface area contributed by atoms with E-state index in [1.54, 1.807) is 53.2 Å². The van der Waals surface area contributed by atoms with Crippen molar-refractivity contribution in [1.82, 2.24) is 24.5 Å². The number of benzene rings is 1. The van der Waals surface area contributed by atoms with Crippen LogP contribution in [0.4, 0.5) is 10.2 Å². The van der Waals surface area contributed by atoms with Gasteiger partial charge in [0.15, 0.2) is 11.5 Å². The number of imidazole rings is 1. The van der Waals surface area contributed by atoms with E-state index in [2.05, 4.69) is 9.97 Å². The minimum Gasteiger partial charge on any atom is -0.383 e. The van der Waals surface area contributed by atoms with Gasteiger partial charge in [0.2, 0.25) is 0 Å². The second kappa shape index (κ2) is 8.79. The summed E-state index contributed by atoms with van der Waals surface area (Å²) in [6, 6.07) is 16.2. The molecule has 0 radical (unpaired) electrons. The van der Waals surface area contributed by atoms with Crippen LogP contribution < -0.4 is 5.73 Å². The molecule has 34 heavy (non-hydrogen) atoms. The van der Waals surface area contributed by atoms with Crippen molar-refractivity contribution in [3.8, 4) is 28.5 Å². The lowest BCUT2D eigenvalue weighted by Crippen LogP contribution is -2.16. The van der Waals surface area contributed by atoms with Gasteiger partial charge < -0.3 is 15.9 Å². The fraction of sp³-hybridized carbons (Fsp3) is 0.0833. The Hall–Kier alpha value is -3.92. The minimum atomic E-state index is -2.49. The molecule has 0 fully saturated rings. The van der Waals surface area contributed by atoms with E-state index in [-0.39, 0.29) is 18.8 Å². The molecule has 4 aromatic heterocycles. The van der Waals surface area contributed by atoms with Gasteiger partial charge in [-0.15, -0.1) is 0 Å². The van der Waals surface area contributed by atoms with E-state index in [0.29, 0.717) is 39.6 Å². The highest BCUT2D eigenvalue weighted by molar-refractivity contribution is 6.21. The number of nitrogens with two attached hydrogens (primary N) is 1. The molecule has 0 unspecified atom stereocenters. The van der Waals surface area contributed by atoms with Gasteiger partial charge in [-0.05, 0) is 48.5 Å². The summed E-state index contributed by atoms with van der Waals surface area (Å²) >= 11 is 5.60. The molecule has 4 N–H and O–H groups in total. The number of halogens is 2. The molecule has 0 bridgehead atoms. The average molecular weight is 479 g/mol. The predicted molar refractivity (Wildman–Crippen MR) is 128 cm³/mol. The molecular formula is C24H20ClFN6O2. The highest BCUT2D eigenvalue weighted by Crippen LogP contribution is 2.32. The molecule has 4 heterocycles. The molecule has 0 saturated heterocycles. The van der Waals surface area contributed by atoms with Crippen LogP contribution in [-0.4, -0.2) is 34.7 Å². The van der Waals surface area contributed by atoms with Crippen molar-refractivity contribution in [1.29, 1.82) is 0 Å². The Morgan fingerprint density at radius 1 is 0.912 bits per heavy atom. The number of hydrogen-bond acceptors (Lipinski definition) is 7. The third kappa shape index (κ3) is 4.19. The Morgan fingerprint density at radius 3 is 2.29 bits per heavy atom. The maximum Gasteiger partial charge on any atom is 0.271 e. The van der Waals surface area contributed by atoms with Crippen LogP contribution in [0.15, 0.2) is 73.1 Å². The summed E-state index contributed by atoms with van der Waals surface area (Å²) in [6.07, 6.45) is 2.71. The molecule has 0 amide bonds. The zero-order valence-electron chi connectivity index (χ0n) is 16.9. The molecule has 0 saturated carbocycles. The number of aliphatic hydroxyl groups is 2. The van der Waals surface area contributed by atoms with Gasteiger partial charge in [0.05, 0.1) is 23.1 Å². The first-order chi connectivity index (χ1) is 15.8. The zero-order chi connectivity index (χ0) is 23.2. The molecule has 8 nitrogen and oxygen atoms in total. The lowest BCUT2D eigenvalue weighted by atomic mass is 10.2. The van der Waals surface area contributed by atoms with Crippen molar-refractivity contribution in [3.63, 3.8) is 0 Å². The van der Waals surface area contributed by atoms with Crippen molar-refractivity contribution in [2.24, 2.45) is 0 Å². The van der Waals surface area contributed by atoms with Crippen LogP contribution in [0.3, 0.4) is 0 Å². The lowest BCUT2D eigenvalue weighted by molar-refractivity contribution is -0.0902. The number of rotatable bonds is 4. The number of aromatic nitrogens is 5. The lowest BCUT2D eigenvalue weighted by Gasteiger charge is -2.15. The Bertz CT molecular complexity index is 1460. The first-order valence-electron chi connectivity index (χ1n) is 9.78.